The molecule has 0 amide bonds. The van der Waals surface area contributed by atoms with Crippen LogP contribution in [0.4, 0.5) is 4.39 Å². The molecule has 2 aromatic carbocycles. The van der Waals surface area contributed by atoms with Crippen molar-refractivity contribution in [3.63, 3.8) is 0 Å². The van der Waals surface area contributed by atoms with E-state index < -0.39 is 0 Å². The van der Waals surface area contributed by atoms with Crippen LogP contribution in [0.25, 0.3) is 16.9 Å². The fourth-order valence-corrected chi connectivity index (χ4v) is 2.84. The van der Waals surface area contributed by atoms with Gasteiger partial charge in [-0.1, -0.05) is 15.9 Å². The number of hydrogen-bond donors (Lipinski definition) is 0. The van der Waals surface area contributed by atoms with E-state index in [4.69, 9.17) is 4.74 Å². The van der Waals surface area contributed by atoms with Gasteiger partial charge in [0.1, 0.15) is 12.4 Å². The monoisotopic (exact) mass is 416 g/mol. The smallest absolute Gasteiger partial charge is 0.155 e. The van der Waals surface area contributed by atoms with E-state index >= 15 is 0 Å². The van der Waals surface area contributed by atoms with Crippen molar-refractivity contribution < 1.29 is 13.9 Å². The first-order valence-electron chi connectivity index (χ1n) is 8.16. The lowest BCUT2D eigenvalue weighted by Crippen LogP contribution is -2.08. The van der Waals surface area contributed by atoms with Gasteiger partial charge in [-0.05, 0) is 62.4 Å². The standard InChI is InChI=1S/C20H18BrFN2O2/c1-13(25)12-26-14(2)19-11-24(18-9-5-16(21)6-10-18)23-20(19)15-3-7-17(22)8-4-15/h3-11,14H,12H2,1-2H3. The third kappa shape index (κ3) is 4.26. The van der Waals surface area contributed by atoms with E-state index in [0.717, 1.165) is 21.3 Å². The quantitative estimate of drug-likeness (QED) is 0.560. The van der Waals surface area contributed by atoms with Crippen LogP contribution in [-0.4, -0.2) is 22.2 Å². The molecule has 0 bridgehead atoms. The molecule has 0 saturated heterocycles. The third-order valence-corrected chi connectivity index (χ3v) is 4.45. The van der Waals surface area contributed by atoms with Crippen LogP contribution in [0.1, 0.15) is 25.5 Å². The minimum absolute atomic E-state index is 0.0352. The lowest BCUT2D eigenvalue weighted by atomic mass is 10.1. The second-order valence-electron chi connectivity index (χ2n) is 6.02. The lowest BCUT2D eigenvalue weighted by Gasteiger charge is -2.12. The number of ether oxygens (including phenoxy) is 1. The second-order valence-corrected chi connectivity index (χ2v) is 6.93. The van der Waals surface area contributed by atoms with Crippen LogP contribution in [-0.2, 0) is 9.53 Å². The molecule has 0 saturated carbocycles. The normalized spacial score (nSPS) is 12.2. The van der Waals surface area contributed by atoms with Crippen molar-refractivity contribution in [2.24, 2.45) is 0 Å². The molecule has 1 heterocycles. The van der Waals surface area contributed by atoms with Crippen LogP contribution in [0.2, 0.25) is 0 Å². The topological polar surface area (TPSA) is 44.1 Å². The number of aromatic nitrogens is 2. The minimum Gasteiger partial charge on any atom is -0.366 e. The van der Waals surface area contributed by atoms with E-state index in [9.17, 15) is 9.18 Å². The van der Waals surface area contributed by atoms with E-state index in [2.05, 4.69) is 21.0 Å². The maximum Gasteiger partial charge on any atom is 0.155 e. The summed E-state index contributed by atoms with van der Waals surface area (Å²) in [4.78, 5) is 11.2. The number of hydrogen-bond acceptors (Lipinski definition) is 3. The number of carbonyl (C=O) groups excluding carboxylic acids is 1. The third-order valence-electron chi connectivity index (χ3n) is 3.93. The van der Waals surface area contributed by atoms with Crippen molar-refractivity contribution in [1.29, 1.82) is 0 Å². The number of nitrogens with zero attached hydrogens (tertiary/aromatic N) is 2. The summed E-state index contributed by atoms with van der Waals surface area (Å²) in [6, 6.07) is 13.9. The maximum atomic E-state index is 13.3. The van der Waals surface area contributed by atoms with Crippen LogP contribution < -0.4 is 0 Å². The largest absolute Gasteiger partial charge is 0.366 e. The summed E-state index contributed by atoms with van der Waals surface area (Å²) in [5, 5.41) is 4.67. The fraction of sp³-hybridized carbons (Fsp3) is 0.200. The number of benzene rings is 2. The zero-order valence-electron chi connectivity index (χ0n) is 14.4. The van der Waals surface area contributed by atoms with Gasteiger partial charge in [-0.25, -0.2) is 9.07 Å². The molecule has 0 aliphatic rings. The first-order valence-corrected chi connectivity index (χ1v) is 8.96. The van der Waals surface area contributed by atoms with Crippen molar-refractivity contribution in [3.05, 3.63) is 70.6 Å². The summed E-state index contributed by atoms with van der Waals surface area (Å²) < 4.78 is 21.7. The van der Waals surface area contributed by atoms with Crippen molar-refractivity contribution >= 4 is 21.7 Å². The molecule has 26 heavy (non-hydrogen) atoms. The van der Waals surface area contributed by atoms with Crippen LogP contribution in [0.5, 0.6) is 0 Å². The number of halogens is 2. The predicted molar refractivity (Wildman–Crippen MR) is 102 cm³/mol. The van der Waals surface area contributed by atoms with Crippen LogP contribution in [0.3, 0.4) is 0 Å². The molecular weight excluding hydrogens is 399 g/mol. The molecule has 6 heteroatoms. The van der Waals surface area contributed by atoms with Crippen LogP contribution in [0.15, 0.2) is 59.2 Å². The molecule has 3 aromatic rings. The Labute approximate surface area is 159 Å². The molecule has 0 aliphatic carbocycles. The Bertz CT molecular complexity index is 905. The summed E-state index contributed by atoms with van der Waals surface area (Å²) in [6.07, 6.45) is 1.55. The molecule has 0 aliphatic heterocycles. The van der Waals surface area contributed by atoms with E-state index in [1.807, 2.05) is 37.4 Å². The second kappa shape index (κ2) is 7.93. The average Bonchev–Trinajstić information content (AvgIpc) is 3.06. The number of ketones is 1. The van der Waals surface area contributed by atoms with Gasteiger partial charge in [0.2, 0.25) is 0 Å². The van der Waals surface area contributed by atoms with Gasteiger partial charge in [0, 0.05) is 21.8 Å². The summed E-state index contributed by atoms with van der Waals surface area (Å²) in [6.45, 7) is 3.39. The van der Waals surface area contributed by atoms with Gasteiger partial charge in [0.25, 0.3) is 0 Å². The van der Waals surface area contributed by atoms with Crippen LogP contribution >= 0.6 is 15.9 Å². The van der Waals surface area contributed by atoms with Crippen molar-refractivity contribution in [1.82, 2.24) is 9.78 Å². The van der Waals surface area contributed by atoms with E-state index in [-0.39, 0.29) is 24.3 Å². The zero-order valence-corrected chi connectivity index (χ0v) is 16.0. The molecular formula is C20H18BrFN2O2. The molecule has 134 valence electrons. The Kier molecular flexibility index (Phi) is 5.64. The maximum absolute atomic E-state index is 13.3. The highest BCUT2D eigenvalue weighted by molar-refractivity contribution is 9.10. The molecule has 4 nitrogen and oxygen atoms in total. The number of carbonyl (C=O) groups is 1. The Balaban J connectivity index is 2.03. The van der Waals surface area contributed by atoms with Gasteiger partial charge in [-0.3, -0.25) is 4.79 Å². The highest BCUT2D eigenvalue weighted by Gasteiger charge is 2.19. The SMILES string of the molecule is CC(=O)COC(C)c1cn(-c2ccc(Br)cc2)nc1-c1ccc(F)cc1. The summed E-state index contributed by atoms with van der Waals surface area (Å²) >= 11 is 3.42. The fourth-order valence-electron chi connectivity index (χ4n) is 2.58. The molecule has 0 spiro atoms. The van der Waals surface area contributed by atoms with E-state index in [1.165, 1.54) is 19.1 Å². The Morgan fingerprint density at radius 1 is 1.19 bits per heavy atom. The Hall–Kier alpha value is -2.31. The highest BCUT2D eigenvalue weighted by Crippen LogP contribution is 2.30. The predicted octanol–water partition coefficient (Wildman–Crippen LogP) is 5.11. The first kappa shape index (κ1) is 18.5. The highest BCUT2D eigenvalue weighted by atomic mass is 79.9. The minimum atomic E-state index is -0.330. The molecule has 0 N–H and O–H groups in total. The van der Waals surface area contributed by atoms with Crippen molar-refractivity contribution in [2.75, 3.05) is 6.61 Å². The van der Waals surface area contributed by atoms with E-state index in [1.54, 1.807) is 16.8 Å². The molecule has 3 rings (SSSR count). The Morgan fingerprint density at radius 2 is 1.85 bits per heavy atom. The average molecular weight is 417 g/mol. The van der Waals surface area contributed by atoms with Gasteiger partial charge in [-0.2, -0.15) is 5.10 Å². The van der Waals surface area contributed by atoms with Gasteiger partial charge >= 0.3 is 0 Å². The van der Waals surface area contributed by atoms with Crippen LogP contribution in [0, 0.1) is 5.82 Å². The summed E-state index contributed by atoms with van der Waals surface area (Å²) in [5.41, 5.74) is 3.21. The summed E-state index contributed by atoms with van der Waals surface area (Å²) in [5.74, 6) is -0.344. The van der Waals surface area contributed by atoms with Crippen molar-refractivity contribution in [2.45, 2.75) is 20.0 Å². The molecule has 1 atom stereocenters. The van der Waals surface area contributed by atoms with Gasteiger partial charge < -0.3 is 4.74 Å². The van der Waals surface area contributed by atoms with Gasteiger partial charge in [0.05, 0.1) is 17.5 Å². The number of rotatable bonds is 6. The first-order chi connectivity index (χ1) is 12.4. The van der Waals surface area contributed by atoms with Crippen molar-refractivity contribution in [3.8, 4) is 16.9 Å². The molecule has 0 radical (unpaired) electrons. The molecule has 1 unspecified atom stereocenters. The number of Topliss-reactive ketones (excluding diaryl/α,β-unsaturated/α-hetero) is 1. The lowest BCUT2D eigenvalue weighted by molar-refractivity contribution is -0.123. The van der Waals surface area contributed by atoms with Gasteiger partial charge in [-0.15, -0.1) is 0 Å². The molecule has 0 fully saturated rings. The van der Waals surface area contributed by atoms with Gasteiger partial charge in [0.15, 0.2) is 5.78 Å². The molecule has 1 aromatic heterocycles. The zero-order chi connectivity index (χ0) is 18.7. The summed E-state index contributed by atoms with van der Waals surface area (Å²) in [7, 11) is 0. The Morgan fingerprint density at radius 3 is 2.46 bits per heavy atom. The van der Waals surface area contributed by atoms with E-state index in [0.29, 0.717) is 5.69 Å².